The summed E-state index contributed by atoms with van der Waals surface area (Å²) in [5.74, 6) is -0.435. The molecule has 0 aliphatic carbocycles. The van der Waals surface area contributed by atoms with Gasteiger partial charge in [0, 0.05) is 5.57 Å². The normalized spacial score (nSPS) is 7.09. The molecule has 0 spiro atoms. The standard InChI is InChI=1S/C4H7NO.C4H6O/c1-3(2)4(5)6;1-4(2)3-5/h1H2,2H3,(H2,5,6);3H,1H2,2H3. The van der Waals surface area contributed by atoms with Crippen LogP contribution < -0.4 is 5.73 Å². The Morgan fingerprint density at radius 1 is 1.36 bits per heavy atom. The third-order valence-corrected chi connectivity index (χ3v) is 0.622. The second-order valence-corrected chi connectivity index (χ2v) is 2.11. The van der Waals surface area contributed by atoms with Crippen molar-refractivity contribution in [1.29, 1.82) is 0 Å². The third kappa shape index (κ3) is 17.7. The lowest BCUT2D eigenvalue weighted by molar-refractivity contribution is -0.114. The average Bonchev–Trinajstić information content (AvgIpc) is 1.89. The van der Waals surface area contributed by atoms with Gasteiger partial charge >= 0.3 is 0 Å². The lowest BCUT2D eigenvalue weighted by Crippen LogP contribution is -2.10. The van der Waals surface area contributed by atoms with E-state index in [4.69, 9.17) is 5.73 Å². The zero-order valence-corrected chi connectivity index (χ0v) is 6.89. The minimum atomic E-state index is -0.435. The molecule has 0 aliphatic rings. The molecule has 0 aromatic rings. The summed E-state index contributed by atoms with van der Waals surface area (Å²) in [4.78, 5) is 19.2. The highest BCUT2D eigenvalue weighted by atomic mass is 16.1. The second-order valence-electron chi connectivity index (χ2n) is 2.11. The highest BCUT2D eigenvalue weighted by molar-refractivity contribution is 5.90. The van der Waals surface area contributed by atoms with E-state index in [9.17, 15) is 9.59 Å². The highest BCUT2D eigenvalue weighted by Gasteiger charge is 1.86. The molecule has 62 valence electrons. The molecule has 11 heavy (non-hydrogen) atoms. The van der Waals surface area contributed by atoms with Gasteiger partial charge in [0.05, 0.1) is 0 Å². The molecule has 0 saturated carbocycles. The van der Waals surface area contributed by atoms with Gasteiger partial charge in [0.1, 0.15) is 6.29 Å². The van der Waals surface area contributed by atoms with E-state index in [0.29, 0.717) is 11.1 Å². The van der Waals surface area contributed by atoms with Gasteiger partial charge in [-0.15, -0.1) is 0 Å². The van der Waals surface area contributed by atoms with E-state index < -0.39 is 5.91 Å². The van der Waals surface area contributed by atoms with Crippen molar-refractivity contribution in [3.63, 3.8) is 0 Å². The molecule has 3 heteroatoms. The fraction of sp³-hybridized carbons (Fsp3) is 0.250. The maximum atomic E-state index is 9.82. The SMILES string of the molecule is C=C(C)C(N)=O.C=C(C)C=O. The number of carbonyl (C=O) groups is 2. The lowest BCUT2D eigenvalue weighted by Gasteiger charge is -1.81. The van der Waals surface area contributed by atoms with E-state index in [1.807, 2.05) is 0 Å². The molecule has 0 aromatic carbocycles. The van der Waals surface area contributed by atoms with Crippen LogP contribution in [0.15, 0.2) is 24.3 Å². The van der Waals surface area contributed by atoms with Gasteiger partial charge in [0.2, 0.25) is 5.91 Å². The molecule has 0 fully saturated rings. The largest absolute Gasteiger partial charge is 0.366 e. The summed E-state index contributed by atoms with van der Waals surface area (Å²) in [7, 11) is 0. The first-order valence-corrected chi connectivity index (χ1v) is 2.97. The van der Waals surface area contributed by atoms with Crippen molar-refractivity contribution in [2.24, 2.45) is 5.73 Å². The van der Waals surface area contributed by atoms with Gasteiger partial charge in [-0.1, -0.05) is 13.2 Å². The smallest absolute Gasteiger partial charge is 0.243 e. The van der Waals surface area contributed by atoms with Gasteiger partial charge < -0.3 is 5.73 Å². The molecule has 1 amide bonds. The second kappa shape index (κ2) is 6.74. The van der Waals surface area contributed by atoms with E-state index in [-0.39, 0.29) is 0 Å². The summed E-state index contributed by atoms with van der Waals surface area (Å²) in [6.07, 6.45) is 0.722. The Hall–Kier alpha value is -1.38. The predicted molar refractivity (Wildman–Crippen MR) is 44.9 cm³/mol. The van der Waals surface area contributed by atoms with Crippen molar-refractivity contribution >= 4 is 12.2 Å². The van der Waals surface area contributed by atoms with Gasteiger partial charge in [-0.25, -0.2) is 0 Å². The number of allylic oxidation sites excluding steroid dienone is 1. The van der Waals surface area contributed by atoms with Crippen LogP contribution >= 0.6 is 0 Å². The molecule has 0 atom stereocenters. The van der Waals surface area contributed by atoms with Gasteiger partial charge in [-0.2, -0.15) is 0 Å². The number of hydrogen-bond donors (Lipinski definition) is 1. The number of carbonyl (C=O) groups excluding carboxylic acids is 2. The quantitative estimate of drug-likeness (QED) is 0.474. The molecule has 0 rings (SSSR count). The molecular formula is C8H13NO2. The first-order chi connectivity index (χ1) is 4.91. The van der Waals surface area contributed by atoms with E-state index in [2.05, 4.69) is 13.2 Å². The highest BCUT2D eigenvalue weighted by Crippen LogP contribution is 1.78. The topological polar surface area (TPSA) is 60.2 Å². The Balaban J connectivity index is 0. The molecule has 2 N–H and O–H groups in total. The summed E-state index contributed by atoms with van der Waals surface area (Å²) in [5.41, 5.74) is 5.67. The summed E-state index contributed by atoms with van der Waals surface area (Å²) < 4.78 is 0. The Morgan fingerprint density at radius 3 is 1.55 bits per heavy atom. The van der Waals surface area contributed by atoms with Crippen LogP contribution in [0.25, 0.3) is 0 Å². The number of rotatable bonds is 2. The Labute approximate surface area is 66.6 Å². The monoisotopic (exact) mass is 155 g/mol. The Bertz CT molecular complexity index is 171. The van der Waals surface area contributed by atoms with Gasteiger partial charge in [-0.3, -0.25) is 9.59 Å². The zero-order chi connectivity index (χ0) is 9.44. The Kier molecular flexibility index (Phi) is 7.54. The van der Waals surface area contributed by atoms with E-state index in [1.165, 1.54) is 0 Å². The maximum Gasteiger partial charge on any atom is 0.243 e. The minimum absolute atomic E-state index is 0.398. The number of amides is 1. The molecule has 0 heterocycles. The number of nitrogens with two attached hydrogens (primary N) is 1. The Morgan fingerprint density at radius 2 is 1.55 bits per heavy atom. The zero-order valence-electron chi connectivity index (χ0n) is 6.89. The van der Waals surface area contributed by atoms with Crippen LogP contribution in [0.5, 0.6) is 0 Å². The number of primary amides is 1. The summed E-state index contributed by atoms with van der Waals surface area (Å²) in [6.45, 7) is 9.82. The van der Waals surface area contributed by atoms with Crippen LogP contribution in [0, 0.1) is 0 Å². The molecule has 0 aromatic heterocycles. The third-order valence-electron chi connectivity index (χ3n) is 0.622. The van der Waals surface area contributed by atoms with Crippen LogP contribution in [-0.4, -0.2) is 12.2 Å². The van der Waals surface area contributed by atoms with Crippen molar-refractivity contribution in [3.05, 3.63) is 24.3 Å². The van der Waals surface area contributed by atoms with E-state index in [0.717, 1.165) is 6.29 Å². The first-order valence-electron chi connectivity index (χ1n) is 2.97. The van der Waals surface area contributed by atoms with Gasteiger partial charge in [-0.05, 0) is 19.4 Å². The van der Waals surface area contributed by atoms with Crippen LogP contribution in [0.3, 0.4) is 0 Å². The average molecular weight is 155 g/mol. The maximum absolute atomic E-state index is 9.82. The molecule has 3 nitrogen and oxygen atoms in total. The van der Waals surface area contributed by atoms with E-state index >= 15 is 0 Å². The van der Waals surface area contributed by atoms with Crippen LogP contribution in [0.1, 0.15) is 13.8 Å². The predicted octanol–water partition coefficient (Wildman–Crippen LogP) is 0.809. The van der Waals surface area contributed by atoms with Crippen molar-refractivity contribution in [1.82, 2.24) is 0 Å². The van der Waals surface area contributed by atoms with Crippen molar-refractivity contribution in [3.8, 4) is 0 Å². The molecule has 0 unspecified atom stereocenters. The van der Waals surface area contributed by atoms with Crippen LogP contribution in [-0.2, 0) is 9.59 Å². The van der Waals surface area contributed by atoms with Crippen LogP contribution in [0.4, 0.5) is 0 Å². The first kappa shape index (κ1) is 12.3. The summed E-state index contributed by atoms with van der Waals surface area (Å²) in [6, 6.07) is 0. The fourth-order valence-electron chi connectivity index (χ4n) is 0. The van der Waals surface area contributed by atoms with Gasteiger partial charge in [0.25, 0.3) is 0 Å². The minimum Gasteiger partial charge on any atom is -0.366 e. The molecule has 0 radical (unpaired) electrons. The van der Waals surface area contributed by atoms with Crippen molar-refractivity contribution in [2.75, 3.05) is 0 Å². The summed E-state index contributed by atoms with van der Waals surface area (Å²) in [5, 5.41) is 0. The van der Waals surface area contributed by atoms with E-state index in [1.54, 1.807) is 13.8 Å². The van der Waals surface area contributed by atoms with Crippen molar-refractivity contribution in [2.45, 2.75) is 13.8 Å². The van der Waals surface area contributed by atoms with Gasteiger partial charge in [0.15, 0.2) is 0 Å². The van der Waals surface area contributed by atoms with Crippen molar-refractivity contribution < 1.29 is 9.59 Å². The fourth-order valence-corrected chi connectivity index (χ4v) is 0. The molecule has 0 bridgehead atoms. The number of aldehydes is 1. The summed E-state index contributed by atoms with van der Waals surface area (Å²) >= 11 is 0. The molecule has 0 saturated heterocycles. The molecule has 0 aliphatic heterocycles. The number of hydrogen-bond acceptors (Lipinski definition) is 2. The van der Waals surface area contributed by atoms with Crippen LogP contribution in [0.2, 0.25) is 0 Å². The molecular weight excluding hydrogens is 142 g/mol. The lowest BCUT2D eigenvalue weighted by atomic mass is 10.3.